The van der Waals surface area contributed by atoms with Crippen molar-refractivity contribution in [3.05, 3.63) is 35.4 Å². The molecule has 37 heavy (non-hydrogen) atoms. The Morgan fingerprint density at radius 2 is 1.76 bits per heavy atom. The lowest BCUT2D eigenvalue weighted by Crippen LogP contribution is -2.52. The van der Waals surface area contributed by atoms with Gasteiger partial charge in [0.15, 0.2) is 5.84 Å². The predicted molar refractivity (Wildman–Crippen MR) is 148 cm³/mol. The Hall–Kier alpha value is -2.41. The van der Waals surface area contributed by atoms with Crippen LogP contribution in [0.4, 0.5) is 0 Å². The van der Waals surface area contributed by atoms with E-state index >= 15 is 0 Å². The summed E-state index contributed by atoms with van der Waals surface area (Å²) in [4.78, 5) is 34.9. The number of likely N-dealkylation sites (N-methyl/N-ethyl adjacent to an activating group) is 1. The van der Waals surface area contributed by atoms with Crippen LogP contribution in [0.2, 0.25) is 0 Å². The Kier molecular flexibility index (Phi) is 8.78. The highest BCUT2D eigenvalue weighted by Gasteiger charge is 2.53. The first kappa shape index (κ1) is 29.2. The van der Waals surface area contributed by atoms with Gasteiger partial charge in [0, 0.05) is 20.7 Å². The number of amidine groups is 1. The molecule has 7 nitrogen and oxygen atoms in total. The van der Waals surface area contributed by atoms with Crippen LogP contribution in [0.3, 0.4) is 0 Å². The van der Waals surface area contributed by atoms with E-state index in [2.05, 4.69) is 46.4 Å². The maximum absolute atomic E-state index is 14.2. The van der Waals surface area contributed by atoms with E-state index < -0.39 is 11.6 Å². The highest BCUT2D eigenvalue weighted by atomic mass is 16.5. The standard InChI is InChI=1S/C30H47N3O4/c1-28(2,3)16-15-24(21-9-11-22(12-10-21)27(35)36)33-26(34)25(32(7)19-20-37-8)31-30(33)17-13-23(14-18-30)29(4,5)6/h9-12,23-24H,13-20H2,1-8H3,(H,35,36)/t23?,24-,30?/m1/s1. The van der Waals surface area contributed by atoms with Crippen LogP contribution in [0.5, 0.6) is 0 Å². The number of carboxylic acids is 1. The van der Waals surface area contributed by atoms with E-state index in [1.165, 1.54) is 0 Å². The highest BCUT2D eigenvalue weighted by Crippen LogP contribution is 2.50. The molecule has 1 aromatic carbocycles. The summed E-state index contributed by atoms with van der Waals surface area (Å²) in [5.41, 5.74) is 0.954. The van der Waals surface area contributed by atoms with E-state index in [-0.39, 0.29) is 28.3 Å². The lowest BCUT2D eigenvalue weighted by atomic mass is 9.69. The third kappa shape index (κ3) is 6.73. The predicted octanol–water partition coefficient (Wildman–Crippen LogP) is 6.00. The van der Waals surface area contributed by atoms with E-state index in [0.717, 1.165) is 44.1 Å². The lowest BCUT2D eigenvalue weighted by Gasteiger charge is -2.47. The first-order chi connectivity index (χ1) is 17.2. The third-order valence-corrected chi connectivity index (χ3v) is 8.20. The van der Waals surface area contributed by atoms with Gasteiger partial charge in [-0.3, -0.25) is 4.79 Å². The third-order valence-electron chi connectivity index (χ3n) is 8.20. The summed E-state index contributed by atoms with van der Waals surface area (Å²) in [5.74, 6) is 0.115. The second-order valence-corrected chi connectivity index (χ2v) is 13.2. The molecule has 206 valence electrons. The molecule has 0 saturated heterocycles. The molecule has 2 aliphatic rings. The van der Waals surface area contributed by atoms with Crippen LogP contribution in [0.15, 0.2) is 29.3 Å². The molecule has 1 heterocycles. The van der Waals surface area contributed by atoms with Crippen molar-refractivity contribution in [2.24, 2.45) is 21.7 Å². The molecule has 0 bridgehead atoms. The molecule has 0 unspecified atom stereocenters. The summed E-state index contributed by atoms with van der Waals surface area (Å²) in [6.45, 7) is 14.7. The minimum Gasteiger partial charge on any atom is -0.478 e. The number of rotatable bonds is 8. The summed E-state index contributed by atoms with van der Waals surface area (Å²) < 4.78 is 5.28. The minimum atomic E-state index is -0.947. The SMILES string of the molecule is COCCN(C)C1=NC2(CCC(C(C)(C)C)CC2)N([C@H](CCC(C)(C)C)c2ccc(C(=O)O)cc2)C1=O. The Morgan fingerprint density at radius 3 is 2.24 bits per heavy atom. The second-order valence-electron chi connectivity index (χ2n) is 13.2. The highest BCUT2D eigenvalue weighted by molar-refractivity contribution is 6.39. The van der Waals surface area contributed by atoms with Crippen LogP contribution in [0.25, 0.3) is 0 Å². The van der Waals surface area contributed by atoms with Crippen LogP contribution in [-0.4, -0.2) is 65.6 Å². The largest absolute Gasteiger partial charge is 0.478 e. The Balaban J connectivity index is 2.05. The molecule has 1 N–H and O–H groups in total. The van der Waals surface area contributed by atoms with Crippen LogP contribution in [-0.2, 0) is 9.53 Å². The lowest BCUT2D eigenvalue weighted by molar-refractivity contribution is -0.134. The molecular formula is C30H47N3O4. The van der Waals surface area contributed by atoms with Crippen molar-refractivity contribution in [3.8, 4) is 0 Å². The molecule has 1 spiro atoms. The van der Waals surface area contributed by atoms with Crippen LogP contribution >= 0.6 is 0 Å². The van der Waals surface area contributed by atoms with E-state index in [1.807, 2.05) is 24.1 Å². The fraction of sp³-hybridized carbons (Fsp3) is 0.700. The number of aliphatic imine (C=N–C) groups is 1. The number of aromatic carboxylic acids is 1. The Labute approximate surface area is 223 Å². The molecule has 1 aromatic rings. The molecule has 0 aromatic heterocycles. The quantitative estimate of drug-likeness (QED) is 0.461. The van der Waals surface area contributed by atoms with Gasteiger partial charge in [-0.25, -0.2) is 9.79 Å². The molecule has 1 saturated carbocycles. The van der Waals surface area contributed by atoms with Gasteiger partial charge < -0.3 is 19.6 Å². The number of methoxy groups -OCH3 is 1. The van der Waals surface area contributed by atoms with Gasteiger partial charge in [0.05, 0.1) is 18.2 Å². The average Bonchev–Trinajstić information content (AvgIpc) is 3.08. The van der Waals surface area contributed by atoms with Gasteiger partial charge >= 0.3 is 5.97 Å². The maximum Gasteiger partial charge on any atom is 0.335 e. The van der Waals surface area contributed by atoms with E-state index in [0.29, 0.717) is 24.9 Å². The fourth-order valence-corrected chi connectivity index (χ4v) is 5.77. The van der Waals surface area contributed by atoms with E-state index in [1.54, 1.807) is 19.2 Å². The first-order valence-corrected chi connectivity index (χ1v) is 13.7. The molecule has 1 fully saturated rings. The van der Waals surface area contributed by atoms with Gasteiger partial charge in [0.2, 0.25) is 0 Å². The van der Waals surface area contributed by atoms with Gasteiger partial charge in [-0.1, -0.05) is 53.7 Å². The number of nitrogens with zero attached hydrogens (tertiary/aromatic N) is 3. The monoisotopic (exact) mass is 513 g/mol. The van der Waals surface area contributed by atoms with Gasteiger partial charge in [0.1, 0.15) is 5.66 Å². The van der Waals surface area contributed by atoms with Gasteiger partial charge in [-0.05, 0) is 73.0 Å². The normalized spacial score (nSPS) is 23.4. The number of carboxylic acid groups (broad SMARTS) is 1. The molecule has 1 atom stereocenters. The number of hydrogen-bond acceptors (Lipinski definition) is 5. The van der Waals surface area contributed by atoms with Crippen LogP contribution < -0.4 is 0 Å². The molecule has 1 amide bonds. The zero-order valence-electron chi connectivity index (χ0n) is 24.1. The molecule has 1 aliphatic heterocycles. The number of carbonyl (C=O) groups is 2. The molecule has 0 radical (unpaired) electrons. The summed E-state index contributed by atoms with van der Waals surface area (Å²) >= 11 is 0. The minimum absolute atomic E-state index is 0.0333. The van der Waals surface area contributed by atoms with Gasteiger partial charge in [-0.2, -0.15) is 0 Å². The zero-order chi connectivity index (χ0) is 27.6. The topological polar surface area (TPSA) is 82.4 Å². The van der Waals surface area contributed by atoms with Crippen molar-refractivity contribution < 1.29 is 19.4 Å². The fourth-order valence-electron chi connectivity index (χ4n) is 5.77. The number of benzene rings is 1. The van der Waals surface area contributed by atoms with E-state index in [4.69, 9.17) is 9.73 Å². The smallest absolute Gasteiger partial charge is 0.335 e. The molecule has 7 heteroatoms. The second kappa shape index (κ2) is 11.1. The Bertz CT molecular complexity index is 980. The van der Waals surface area contributed by atoms with Crippen LogP contribution in [0.1, 0.15) is 102 Å². The van der Waals surface area contributed by atoms with Crippen molar-refractivity contribution in [1.29, 1.82) is 0 Å². The zero-order valence-corrected chi connectivity index (χ0v) is 24.1. The van der Waals surface area contributed by atoms with Crippen molar-refractivity contribution in [1.82, 2.24) is 9.80 Å². The number of amides is 1. The number of carbonyl (C=O) groups excluding carboxylic acids is 1. The summed E-state index contributed by atoms with van der Waals surface area (Å²) in [6.07, 6.45) is 5.43. The summed E-state index contributed by atoms with van der Waals surface area (Å²) in [5, 5.41) is 9.44. The first-order valence-electron chi connectivity index (χ1n) is 13.7. The molecule has 3 rings (SSSR count). The number of ether oxygens (including phenoxy) is 1. The summed E-state index contributed by atoms with van der Waals surface area (Å²) in [6, 6.07) is 6.88. The van der Waals surface area contributed by atoms with E-state index in [9.17, 15) is 14.7 Å². The maximum atomic E-state index is 14.2. The van der Waals surface area contributed by atoms with Gasteiger partial charge in [-0.15, -0.1) is 0 Å². The molecular weight excluding hydrogens is 466 g/mol. The average molecular weight is 514 g/mol. The number of hydrogen-bond donors (Lipinski definition) is 1. The molecule has 1 aliphatic carbocycles. The van der Waals surface area contributed by atoms with Crippen LogP contribution in [0, 0.1) is 16.7 Å². The van der Waals surface area contributed by atoms with Crippen molar-refractivity contribution in [2.75, 3.05) is 27.3 Å². The Morgan fingerprint density at radius 1 is 1.16 bits per heavy atom. The summed E-state index contributed by atoms with van der Waals surface area (Å²) in [7, 11) is 3.58. The van der Waals surface area contributed by atoms with Crippen molar-refractivity contribution in [2.45, 2.75) is 91.8 Å². The van der Waals surface area contributed by atoms with Crippen molar-refractivity contribution >= 4 is 17.7 Å². The van der Waals surface area contributed by atoms with Crippen molar-refractivity contribution in [3.63, 3.8) is 0 Å². The van der Waals surface area contributed by atoms with Gasteiger partial charge in [0.25, 0.3) is 5.91 Å².